The van der Waals surface area contributed by atoms with Crippen molar-refractivity contribution in [2.75, 3.05) is 0 Å². The lowest BCUT2D eigenvalue weighted by molar-refractivity contribution is -0.138. The molecule has 0 amide bonds. The Morgan fingerprint density at radius 1 is 1.19 bits per heavy atom. The predicted octanol–water partition coefficient (Wildman–Crippen LogP) is 2.27. The zero-order chi connectivity index (χ0) is 12.0. The van der Waals surface area contributed by atoms with Gasteiger partial charge in [-0.25, -0.2) is 4.39 Å². The summed E-state index contributed by atoms with van der Waals surface area (Å²) in [7, 11) is 0. The Hall–Kier alpha value is -1.97. The van der Waals surface area contributed by atoms with E-state index in [1.165, 1.54) is 36.4 Å². The van der Waals surface area contributed by atoms with Crippen LogP contribution in [-0.2, 0) is 9.59 Å². The molecule has 0 heterocycles. The maximum absolute atomic E-state index is 12.5. The molecule has 0 aliphatic rings. The first-order valence-corrected chi connectivity index (χ1v) is 4.76. The van der Waals surface area contributed by atoms with Crippen LogP contribution in [0.2, 0.25) is 0 Å². The van der Waals surface area contributed by atoms with Gasteiger partial charge in [-0.2, -0.15) is 0 Å². The number of hydrogen-bond donors (Lipinski definition) is 1. The van der Waals surface area contributed by atoms with Gasteiger partial charge < -0.3 is 5.11 Å². The van der Waals surface area contributed by atoms with Crippen molar-refractivity contribution >= 4 is 17.8 Å². The molecule has 4 heteroatoms. The van der Waals surface area contributed by atoms with Crippen LogP contribution in [0.25, 0.3) is 6.08 Å². The van der Waals surface area contributed by atoms with E-state index in [0.717, 1.165) is 0 Å². The smallest absolute Gasteiger partial charge is 0.303 e. The number of carbonyl (C=O) groups excluding carboxylic acids is 1. The number of rotatable bonds is 5. The molecule has 0 atom stereocenters. The van der Waals surface area contributed by atoms with Gasteiger partial charge in [-0.3, -0.25) is 9.59 Å². The fraction of sp³-hybridized carbons (Fsp3) is 0.167. The van der Waals surface area contributed by atoms with Crippen molar-refractivity contribution in [1.29, 1.82) is 0 Å². The molecule has 0 unspecified atom stereocenters. The van der Waals surface area contributed by atoms with Gasteiger partial charge in [0.15, 0.2) is 5.78 Å². The van der Waals surface area contributed by atoms with Gasteiger partial charge in [-0.05, 0) is 23.8 Å². The van der Waals surface area contributed by atoms with Crippen molar-refractivity contribution in [2.45, 2.75) is 12.8 Å². The maximum atomic E-state index is 12.5. The van der Waals surface area contributed by atoms with Gasteiger partial charge in [0.2, 0.25) is 0 Å². The van der Waals surface area contributed by atoms with E-state index in [1.807, 2.05) is 0 Å². The first-order chi connectivity index (χ1) is 7.58. The average molecular weight is 222 g/mol. The summed E-state index contributed by atoms with van der Waals surface area (Å²) in [4.78, 5) is 21.4. The van der Waals surface area contributed by atoms with Gasteiger partial charge in [0.25, 0.3) is 0 Å². The van der Waals surface area contributed by atoms with Crippen LogP contribution in [0, 0.1) is 5.82 Å². The van der Waals surface area contributed by atoms with Crippen molar-refractivity contribution in [3.63, 3.8) is 0 Å². The molecule has 3 nitrogen and oxygen atoms in total. The predicted molar refractivity (Wildman–Crippen MR) is 57.3 cm³/mol. The topological polar surface area (TPSA) is 54.4 Å². The Morgan fingerprint density at radius 3 is 2.38 bits per heavy atom. The second-order valence-corrected chi connectivity index (χ2v) is 3.24. The summed E-state index contributed by atoms with van der Waals surface area (Å²) < 4.78 is 12.5. The van der Waals surface area contributed by atoms with Crippen molar-refractivity contribution in [2.24, 2.45) is 0 Å². The first kappa shape index (κ1) is 12.1. The van der Waals surface area contributed by atoms with E-state index in [1.54, 1.807) is 0 Å². The summed E-state index contributed by atoms with van der Waals surface area (Å²) in [6, 6.07) is 5.66. The standard InChI is InChI=1S/C12H11FO3/c13-10-4-1-9(2-5-10)3-6-11(14)7-8-12(15)16/h1-6H,7-8H2,(H,15,16)/b6-3+. The molecule has 1 aromatic carbocycles. The minimum atomic E-state index is -0.997. The highest BCUT2D eigenvalue weighted by molar-refractivity contribution is 5.95. The Labute approximate surface area is 92.2 Å². The second-order valence-electron chi connectivity index (χ2n) is 3.24. The van der Waals surface area contributed by atoms with Crippen LogP contribution >= 0.6 is 0 Å². The lowest BCUT2D eigenvalue weighted by Crippen LogP contribution is -1.99. The van der Waals surface area contributed by atoms with E-state index in [-0.39, 0.29) is 24.4 Å². The van der Waals surface area contributed by atoms with Gasteiger partial charge in [0.05, 0.1) is 6.42 Å². The number of halogens is 1. The van der Waals surface area contributed by atoms with Crippen molar-refractivity contribution in [1.82, 2.24) is 0 Å². The highest BCUT2D eigenvalue weighted by atomic mass is 19.1. The Bertz CT molecular complexity index is 407. The molecule has 16 heavy (non-hydrogen) atoms. The molecule has 0 aliphatic carbocycles. The average Bonchev–Trinajstić information content (AvgIpc) is 2.25. The number of allylic oxidation sites excluding steroid dienone is 1. The van der Waals surface area contributed by atoms with Crippen LogP contribution in [0.3, 0.4) is 0 Å². The molecule has 0 bridgehead atoms. The molecule has 0 fully saturated rings. The summed E-state index contributed by atoms with van der Waals surface area (Å²) >= 11 is 0. The quantitative estimate of drug-likeness (QED) is 0.777. The molecular formula is C12H11FO3. The second kappa shape index (κ2) is 5.80. The number of carboxylic acid groups (broad SMARTS) is 1. The van der Waals surface area contributed by atoms with Crippen LogP contribution in [0.4, 0.5) is 4.39 Å². The monoisotopic (exact) mass is 222 g/mol. The maximum Gasteiger partial charge on any atom is 0.303 e. The highest BCUT2D eigenvalue weighted by Gasteiger charge is 2.01. The van der Waals surface area contributed by atoms with Crippen LogP contribution in [-0.4, -0.2) is 16.9 Å². The Morgan fingerprint density at radius 2 is 1.81 bits per heavy atom. The number of hydrogen-bond acceptors (Lipinski definition) is 2. The van der Waals surface area contributed by atoms with Gasteiger partial charge in [0, 0.05) is 6.42 Å². The highest BCUT2D eigenvalue weighted by Crippen LogP contribution is 2.05. The number of benzene rings is 1. The summed E-state index contributed by atoms with van der Waals surface area (Å²) in [6.45, 7) is 0. The van der Waals surface area contributed by atoms with E-state index in [4.69, 9.17) is 5.11 Å². The van der Waals surface area contributed by atoms with E-state index >= 15 is 0 Å². The fourth-order valence-corrected chi connectivity index (χ4v) is 1.08. The summed E-state index contributed by atoms with van der Waals surface area (Å²) in [5.41, 5.74) is 0.699. The third kappa shape index (κ3) is 4.50. The molecule has 0 saturated carbocycles. The van der Waals surface area contributed by atoms with Crippen molar-refractivity contribution in [3.8, 4) is 0 Å². The molecule has 0 spiro atoms. The lowest BCUT2D eigenvalue weighted by atomic mass is 10.1. The van der Waals surface area contributed by atoms with Crippen molar-refractivity contribution < 1.29 is 19.1 Å². The van der Waals surface area contributed by atoms with Gasteiger partial charge >= 0.3 is 5.97 Å². The number of carbonyl (C=O) groups is 2. The Kier molecular flexibility index (Phi) is 4.39. The van der Waals surface area contributed by atoms with Crippen LogP contribution in [0.1, 0.15) is 18.4 Å². The molecule has 1 N–H and O–H groups in total. The zero-order valence-corrected chi connectivity index (χ0v) is 8.52. The third-order valence-electron chi connectivity index (χ3n) is 1.92. The van der Waals surface area contributed by atoms with E-state index in [9.17, 15) is 14.0 Å². The van der Waals surface area contributed by atoms with E-state index in [2.05, 4.69) is 0 Å². The molecule has 0 saturated heterocycles. The lowest BCUT2D eigenvalue weighted by Gasteiger charge is -1.93. The number of carboxylic acids is 1. The first-order valence-electron chi connectivity index (χ1n) is 4.76. The van der Waals surface area contributed by atoms with Gasteiger partial charge in [0.1, 0.15) is 5.82 Å². The largest absolute Gasteiger partial charge is 0.481 e. The summed E-state index contributed by atoms with van der Waals surface area (Å²) in [6.07, 6.45) is 2.64. The normalized spacial score (nSPS) is 10.6. The third-order valence-corrected chi connectivity index (χ3v) is 1.92. The van der Waals surface area contributed by atoms with E-state index < -0.39 is 5.97 Å². The minimum absolute atomic E-state index is 0.0208. The number of ketones is 1. The molecular weight excluding hydrogens is 211 g/mol. The van der Waals surface area contributed by atoms with Gasteiger partial charge in [-0.15, -0.1) is 0 Å². The SMILES string of the molecule is O=C(O)CCC(=O)/C=C/c1ccc(F)cc1. The molecule has 1 rings (SSSR count). The van der Waals surface area contributed by atoms with E-state index in [0.29, 0.717) is 5.56 Å². The van der Waals surface area contributed by atoms with Crippen LogP contribution in [0.5, 0.6) is 0 Å². The zero-order valence-electron chi connectivity index (χ0n) is 8.52. The van der Waals surface area contributed by atoms with Gasteiger partial charge in [-0.1, -0.05) is 18.2 Å². The minimum Gasteiger partial charge on any atom is -0.481 e. The van der Waals surface area contributed by atoms with Crippen molar-refractivity contribution in [3.05, 3.63) is 41.7 Å². The fourth-order valence-electron chi connectivity index (χ4n) is 1.08. The molecule has 0 radical (unpaired) electrons. The molecule has 0 aromatic heterocycles. The Balaban J connectivity index is 2.50. The molecule has 84 valence electrons. The summed E-state index contributed by atoms with van der Waals surface area (Å²) in [5, 5.41) is 8.36. The summed E-state index contributed by atoms with van der Waals surface area (Å²) in [5.74, 6) is -1.59. The number of aliphatic carboxylic acids is 1. The van der Waals surface area contributed by atoms with Crippen LogP contribution in [0.15, 0.2) is 30.3 Å². The molecule has 0 aliphatic heterocycles. The van der Waals surface area contributed by atoms with Crippen LogP contribution < -0.4 is 0 Å². The molecule has 1 aromatic rings.